The van der Waals surface area contributed by atoms with Crippen LogP contribution in [0.25, 0.3) is 0 Å². The van der Waals surface area contributed by atoms with Crippen molar-refractivity contribution in [3.05, 3.63) is 62.6 Å². The molecular formula is C13H12ClFN2O3. The van der Waals surface area contributed by atoms with E-state index in [1.54, 1.807) is 13.1 Å². The van der Waals surface area contributed by atoms with Crippen molar-refractivity contribution in [3.63, 3.8) is 0 Å². The summed E-state index contributed by atoms with van der Waals surface area (Å²) in [5.74, 6) is -0.405. The fraction of sp³-hybridized carbons (Fsp3) is 0.231. The van der Waals surface area contributed by atoms with Crippen LogP contribution in [0.1, 0.15) is 17.4 Å². The average molecular weight is 299 g/mol. The van der Waals surface area contributed by atoms with Gasteiger partial charge in [0.05, 0.1) is 12.1 Å². The molecule has 5 nitrogen and oxygen atoms in total. The molecule has 0 aliphatic carbocycles. The van der Waals surface area contributed by atoms with Gasteiger partial charge in [-0.05, 0) is 31.7 Å². The van der Waals surface area contributed by atoms with Crippen molar-refractivity contribution in [2.24, 2.45) is 0 Å². The Morgan fingerprint density at radius 3 is 2.75 bits per heavy atom. The fourth-order valence-corrected chi connectivity index (χ4v) is 2.14. The summed E-state index contributed by atoms with van der Waals surface area (Å²) in [4.78, 5) is 9.98. The van der Waals surface area contributed by atoms with Crippen LogP contribution in [0.4, 0.5) is 10.3 Å². The molecular weight excluding hydrogens is 287 g/mol. The van der Waals surface area contributed by atoms with E-state index in [0.717, 1.165) is 0 Å². The zero-order valence-corrected chi connectivity index (χ0v) is 11.4. The third kappa shape index (κ3) is 2.97. The second-order valence-corrected chi connectivity index (χ2v) is 4.59. The number of nitro groups is 1. The minimum Gasteiger partial charge on any atom is -0.404 e. The molecule has 1 aromatic carbocycles. The first kappa shape index (κ1) is 14.5. The largest absolute Gasteiger partial charge is 0.433 e. The van der Waals surface area contributed by atoms with Gasteiger partial charge < -0.3 is 9.73 Å². The summed E-state index contributed by atoms with van der Waals surface area (Å²) in [7, 11) is 1.66. The quantitative estimate of drug-likeness (QED) is 0.678. The van der Waals surface area contributed by atoms with Gasteiger partial charge in [-0.2, -0.15) is 0 Å². The molecule has 1 atom stereocenters. The molecule has 2 rings (SSSR count). The molecule has 0 aliphatic rings. The highest BCUT2D eigenvalue weighted by molar-refractivity contribution is 6.31. The van der Waals surface area contributed by atoms with Gasteiger partial charge in [0, 0.05) is 10.6 Å². The van der Waals surface area contributed by atoms with Crippen molar-refractivity contribution in [2.75, 3.05) is 7.05 Å². The molecule has 0 saturated carbocycles. The highest BCUT2D eigenvalue weighted by Gasteiger charge is 2.21. The monoisotopic (exact) mass is 298 g/mol. The summed E-state index contributed by atoms with van der Waals surface area (Å²) in [5.41, 5.74) is 0.340. The van der Waals surface area contributed by atoms with E-state index in [4.69, 9.17) is 16.0 Å². The van der Waals surface area contributed by atoms with Crippen molar-refractivity contribution >= 4 is 17.5 Å². The third-order valence-corrected chi connectivity index (χ3v) is 3.31. The first-order valence-corrected chi connectivity index (χ1v) is 6.25. The number of rotatable bonds is 5. The van der Waals surface area contributed by atoms with E-state index in [2.05, 4.69) is 5.32 Å². The molecule has 0 bridgehead atoms. The molecule has 0 aliphatic heterocycles. The smallest absolute Gasteiger partial charge is 0.404 e. The summed E-state index contributed by atoms with van der Waals surface area (Å²) in [5, 5.41) is 13.8. The van der Waals surface area contributed by atoms with Crippen molar-refractivity contribution in [2.45, 2.75) is 12.5 Å². The fourth-order valence-electron chi connectivity index (χ4n) is 1.90. The van der Waals surface area contributed by atoms with Gasteiger partial charge in [-0.25, -0.2) is 4.39 Å². The van der Waals surface area contributed by atoms with Gasteiger partial charge in [0.2, 0.25) is 0 Å². The van der Waals surface area contributed by atoms with Crippen LogP contribution in [0.15, 0.2) is 34.7 Å². The molecule has 0 spiro atoms. The number of hydrogen-bond donors (Lipinski definition) is 1. The Balaban J connectivity index is 2.26. The summed E-state index contributed by atoms with van der Waals surface area (Å²) in [6, 6.07) is 6.79. The number of furan rings is 1. The maximum atomic E-state index is 13.7. The highest BCUT2D eigenvalue weighted by Crippen LogP contribution is 2.28. The van der Waals surface area contributed by atoms with E-state index in [1.807, 2.05) is 0 Å². The maximum Gasteiger partial charge on any atom is 0.433 e. The number of likely N-dealkylation sites (N-methyl/N-ethyl adjacent to an activating group) is 1. The Hall–Kier alpha value is -1.92. The molecule has 20 heavy (non-hydrogen) atoms. The minimum absolute atomic E-state index is 0.229. The Morgan fingerprint density at radius 2 is 2.20 bits per heavy atom. The van der Waals surface area contributed by atoms with Gasteiger partial charge in [0.15, 0.2) is 0 Å². The number of benzene rings is 1. The molecule has 0 saturated heterocycles. The molecule has 0 amide bonds. The molecule has 0 fully saturated rings. The van der Waals surface area contributed by atoms with E-state index in [-0.39, 0.29) is 12.3 Å². The first-order valence-electron chi connectivity index (χ1n) is 5.87. The Bertz CT molecular complexity index is 610. The van der Waals surface area contributed by atoms with Crippen LogP contribution in [0.5, 0.6) is 0 Å². The van der Waals surface area contributed by atoms with E-state index in [0.29, 0.717) is 16.3 Å². The van der Waals surface area contributed by atoms with Crippen molar-refractivity contribution in [1.82, 2.24) is 5.32 Å². The van der Waals surface area contributed by atoms with Gasteiger partial charge >= 0.3 is 5.88 Å². The normalized spacial score (nSPS) is 12.3. The molecule has 0 radical (unpaired) electrons. The maximum absolute atomic E-state index is 13.7. The van der Waals surface area contributed by atoms with Crippen molar-refractivity contribution in [3.8, 4) is 0 Å². The minimum atomic E-state index is -0.619. The van der Waals surface area contributed by atoms with Gasteiger partial charge in [-0.15, -0.1) is 0 Å². The van der Waals surface area contributed by atoms with Gasteiger partial charge in [-0.3, -0.25) is 10.1 Å². The summed E-state index contributed by atoms with van der Waals surface area (Å²) in [6.07, 6.45) is 0.229. The summed E-state index contributed by atoms with van der Waals surface area (Å²) < 4.78 is 18.9. The van der Waals surface area contributed by atoms with Gasteiger partial charge in [-0.1, -0.05) is 17.7 Å². The summed E-state index contributed by atoms with van der Waals surface area (Å²) >= 11 is 5.97. The average Bonchev–Trinajstić information content (AvgIpc) is 2.88. The zero-order valence-electron chi connectivity index (χ0n) is 10.6. The zero-order chi connectivity index (χ0) is 14.7. The number of hydrogen-bond acceptors (Lipinski definition) is 4. The van der Waals surface area contributed by atoms with Crippen LogP contribution in [0.3, 0.4) is 0 Å². The van der Waals surface area contributed by atoms with Crippen LogP contribution >= 0.6 is 11.6 Å². The topological polar surface area (TPSA) is 68.3 Å². The lowest BCUT2D eigenvalue weighted by Gasteiger charge is -2.14. The Morgan fingerprint density at radius 1 is 1.45 bits per heavy atom. The molecule has 1 unspecified atom stereocenters. The lowest BCUT2D eigenvalue weighted by atomic mass is 10.0. The van der Waals surface area contributed by atoms with E-state index >= 15 is 0 Å². The van der Waals surface area contributed by atoms with Crippen LogP contribution in [0, 0.1) is 15.9 Å². The molecule has 106 valence electrons. The Labute approximate surface area is 119 Å². The van der Waals surface area contributed by atoms with Crippen LogP contribution in [-0.2, 0) is 6.42 Å². The van der Waals surface area contributed by atoms with Gasteiger partial charge in [0.1, 0.15) is 16.5 Å². The number of nitrogens with one attached hydrogen (secondary N) is 1. The lowest BCUT2D eigenvalue weighted by Crippen LogP contribution is -2.19. The third-order valence-electron chi connectivity index (χ3n) is 2.95. The Kier molecular flexibility index (Phi) is 4.36. The van der Waals surface area contributed by atoms with Gasteiger partial charge in [0.25, 0.3) is 0 Å². The molecule has 1 N–H and O–H groups in total. The molecule has 7 heteroatoms. The van der Waals surface area contributed by atoms with E-state index in [1.165, 1.54) is 24.3 Å². The second-order valence-electron chi connectivity index (χ2n) is 4.18. The predicted octanol–water partition coefficient (Wildman–Crippen LogP) is 3.48. The molecule has 1 heterocycles. The van der Waals surface area contributed by atoms with Crippen molar-refractivity contribution < 1.29 is 13.7 Å². The number of nitrogens with zero attached hydrogens (tertiary/aromatic N) is 1. The van der Waals surface area contributed by atoms with E-state index < -0.39 is 16.8 Å². The second kappa shape index (κ2) is 6.02. The van der Waals surface area contributed by atoms with Crippen molar-refractivity contribution in [1.29, 1.82) is 0 Å². The SMILES string of the molecule is CNC(Cc1c(F)cccc1Cl)c1ccc([N+](=O)[O-])o1. The van der Waals surface area contributed by atoms with E-state index in [9.17, 15) is 14.5 Å². The summed E-state index contributed by atoms with van der Waals surface area (Å²) in [6.45, 7) is 0. The van der Waals surface area contributed by atoms with Crippen LogP contribution < -0.4 is 5.32 Å². The van der Waals surface area contributed by atoms with Crippen LogP contribution in [-0.4, -0.2) is 12.0 Å². The van der Waals surface area contributed by atoms with Crippen LogP contribution in [0.2, 0.25) is 5.02 Å². The first-order chi connectivity index (χ1) is 9.52. The standard InChI is InChI=1S/C13H12ClFN2O3/c1-16-11(12-5-6-13(20-12)17(18)19)7-8-9(14)3-2-4-10(8)15/h2-6,11,16H,7H2,1H3. The molecule has 1 aromatic heterocycles. The molecule has 2 aromatic rings. The highest BCUT2D eigenvalue weighted by atomic mass is 35.5. The lowest BCUT2D eigenvalue weighted by molar-refractivity contribution is -0.402. The number of halogens is 2. The predicted molar refractivity (Wildman–Crippen MR) is 72.3 cm³/mol.